The summed E-state index contributed by atoms with van der Waals surface area (Å²) in [5, 5.41) is 0. The van der Waals surface area contributed by atoms with Crippen LogP contribution < -0.4 is 4.72 Å². The van der Waals surface area contributed by atoms with E-state index in [0.717, 1.165) is 21.2 Å². The molecule has 0 bridgehead atoms. The highest BCUT2D eigenvalue weighted by atomic mass is 79.9. The van der Waals surface area contributed by atoms with Crippen molar-refractivity contribution in [1.29, 1.82) is 0 Å². The minimum Gasteiger partial charge on any atom is -0.469 e. The fourth-order valence-electron chi connectivity index (χ4n) is 3.41. The molecule has 0 radical (unpaired) electrons. The molecule has 1 atom stereocenters. The molecule has 3 rings (SSSR count). The number of ether oxygens (including phenoxy) is 1. The van der Waals surface area contributed by atoms with E-state index in [2.05, 4.69) is 25.4 Å². The second kappa shape index (κ2) is 11.5. The molecule has 0 saturated heterocycles. The topological polar surface area (TPSA) is 72.5 Å². The van der Waals surface area contributed by atoms with Gasteiger partial charge in [-0.3, -0.25) is 4.79 Å². The van der Waals surface area contributed by atoms with Gasteiger partial charge in [0, 0.05) is 10.9 Å². The first-order chi connectivity index (χ1) is 15.8. The summed E-state index contributed by atoms with van der Waals surface area (Å²) in [6, 6.07) is 19.5. The fourth-order valence-corrected chi connectivity index (χ4v) is 4.90. The Morgan fingerprint density at radius 2 is 1.58 bits per heavy atom. The lowest BCUT2D eigenvalue weighted by Crippen LogP contribution is -2.30. The van der Waals surface area contributed by atoms with Crippen LogP contribution in [0.4, 0.5) is 4.39 Å². The lowest BCUT2D eigenvalue weighted by atomic mass is 9.97. The third kappa shape index (κ3) is 7.48. The van der Waals surface area contributed by atoms with Crippen LogP contribution in [0.2, 0.25) is 0 Å². The number of carbonyl (C=O) groups is 1. The Balaban J connectivity index is 1.81. The number of aryl methyl sites for hydroxylation is 1. The summed E-state index contributed by atoms with van der Waals surface area (Å²) >= 11 is 3.31. The molecule has 0 aliphatic rings. The van der Waals surface area contributed by atoms with Crippen molar-refractivity contribution >= 4 is 31.9 Å². The van der Waals surface area contributed by atoms with E-state index in [0.29, 0.717) is 25.7 Å². The number of carbonyl (C=O) groups excluding carboxylic acids is 1. The van der Waals surface area contributed by atoms with Crippen molar-refractivity contribution in [2.24, 2.45) is 0 Å². The van der Waals surface area contributed by atoms with E-state index < -0.39 is 16.1 Å². The Hall–Kier alpha value is -2.55. The minimum absolute atomic E-state index is 0.161. The van der Waals surface area contributed by atoms with Crippen LogP contribution in [0.25, 0.3) is 0 Å². The fraction of sp³-hybridized carbons (Fsp3) is 0.240. The quantitative estimate of drug-likeness (QED) is 0.356. The van der Waals surface area contributed by atoms with Crippen LogP contribution in [0.1, 0.15) is 35.6 Å². The van der Waals surface area contributed by atoms with Crippen molar-refractivity contribution in [3.63, 3.8) is 0 Å². The van der Waals surface area contributed by atoms with Crippen LogP contribution >= 0.6 is 15.9 Å². The number of sulfonamides is 1. The molecule has 0 aliphatic heterocycles. The summed E-state index contributed by atoms with van der Waals surface area (Å²) < 4.78 is 47.7. The van der Waals surface area contributed by atoms with Crippen LogP contribution in [0, 0.1) is 5.82 Å². The largest absolute Gasteiger partial charge is 0.469 e. The molecule has 1 N–H and O–H groups in total. The summed E-state index contributed by atoms with van der Waals surface area (Å²) in [7, 11) is -2.42. The molecule has 33 heavy (non-hydrogen) atoms. The predicted octanol–water partition coefficient (Wildman–Crippen LogP) is 5.35. The summed E-state index contributed by atoms with van der Waals surface area (Å²) in [4.78, 5) is 11.5. The zero-order valence-electron chi connectivity index (χ0n) is 18.1. The van der Waals surface area contributed by atoms with Crippen LogP contribution in [0.5, 0.6) is 0 Å². The standard InChI is InChI=1S/C25H25BrFNO4S/c1-32-25(29)4-2-3-18-5-9-20(10-6-18)24(17-19-7-13-22(27)14-8-19)28-33(30,31)23-15-11-21(26)12-16-23/h5-16,24,28H,2-4,17H2,1H3. The molecule has 0 fully saturated rings. The van der Waals surface area contributed by atoms with Gasteiger partial charge in [-0.15, -0.1) is 0 Å². The first kappa shape index (κ1) is 25.1. The molecule has 1 unspecified atom stereocenters. The smallest absolute Gasteiger partial charge is 0.305 e. The van der Waals surface area contributed by atoms with Crippen LogP contribution in [-0.2, 0) is 32.4 Å². The normalized spacial score (nSPS) is 12.3. The Morgan fingerprint density at radius 3 is 2.18 bits per heavy atom. The number of hydrogen-bond acceptors (Lipinski definition) is 4. The van der Waals surface area contributed by atoms with E-state index in [1.54, 1.807) is 24.3 Å². The minimum atomic E-state index is -3.79. The number of halogens is 2. The maximum absolute atomic E-state index is 13.3. The van der Waals surface area contributed by atoms with Gasteiger partial charge in [0.2, 0.25) is 10.0 Å². The lowest BCUT2D eigenvalue weighted by Gasteiger charge is -2.20. The molecule has 8 heteroatoms. The van der Waals surface area contributed by atoms with Crippen LogP contribution in [0.3, 0.4) is 0 Å². The van der Waals surface area contributed by atoms with E-state index in [4.69, 9.17) is 0 Å². The zero-order valence-corrected chi connectivity index (χ0v) is 20.5. The number of esters is 1. The first-order valence-electron chi connectivity index (χ1n) is 10.4. The average molecular weight is 534 g/mol. The SMILES string of the molecule is COC(=O)CCCc1ccc(C(Cc2ccc(F)cc2)NS(=O)(=O)c2ccc(Br)cc2)cc1. The highest BCUT2D eigenvalue weighted by Gasteiger charge is 2.22. The number of rotatable bonds is 10. The summed E-state index contributed by atoms with van der Waals surface area (Å²) in [5.74, 6) is -0.588. The monoisotopic (exact) mass is 533 g/mol. The molecule has 0 saturated carbocycles. The van der Waals surface area contributed by atoms with Crippen molar-refractivity contribution in [2.75, 3.05) is 7.11 Å². The summed E-state index contributed by atoms with van der Waals surface area (Å²) in [6.45, 7) is 0. The van der Waals surface area contributed by atoms with Crippen molar-refractivity contribution < 1.29 is 22.3 Å². The maximum Gasteiger partial charge on any atom is 0.305 e. The Kier molecular flexibility index (Phi) is 8.77. The summed E-state index contributed by atoms with van der Waals surface area (Å²) in [6.07, 6.45) is 2.08. The molecule has 3 aromatic carbocycles. The van der Waals surface area contributed by atoms with Crippen molar-refractivity contribution in [3.8, 4) is 0 Å². The second-order valence-electron chi connectivity index (χ2n) is 7.63. The molecule has 0 spiro atoms. The highest BCUT2D eigenvalue weighted by Crippen LogP contribution is 2.24. The predicted molar refractivity (Wildman–Crippen MR) is 129 cm³/mol. The Morgan fingerprint density at radius 1 is 0.970 bits per heavy atom. The van der Waals surface area contributed by atoms with Gasteiger partial charge < -0.3 is 4.74 Å². The molecule has 3 aromatic rings. The molecule has 174 valence electrons. The molecule has 0 amide bonds. The van der Waals surface area contributed by atoms with Gasteiger partial charge in [0.05, 0.1) is 18.0 Å². The lowest BCUT2D eigenvalue weighted by molar-refractivity contribution is -0.140. The summed E-state index contributed by atoms with van der Waals surface area (Å²) in [5.41, 5.74) is 2.64. The van der Waals surface area contributed by atoms with Gasteiger partial charge in [0.15, 0.2) is 0 Å². The molecular formula is C25H25BrFNO4S. The third-order valence-corrected chi connectivity index (χ3v) is 7.25. The Bertz CT molecular complexity index is 1160. The molecule has 0 aromatic heterocycles. The van der Waals surface area contributed by atoms with Crippen molar-refractivity contribution in [3.05, 3.63) is 99.8 Å². The van der Waals surface area contributed by atoms with Gasteiger partial charge in [0.25, 0.3) is 0 Å². The number of benzene rings is 3. The third-order valence-electron chi connectivity index (χ3n) is 5.23. The van der Waals surface area contributed by atoms with Gasteiger partial charge in [0.1, 0.15) is 5.82 Å². The Labute approximate surface area is 202 Å². The van der Waals surface area contributed by atoms with Crippen LogP contribution in [0.15, 0.2) is 82.2 Å². The number of nitrogens with one attached hydrogen (secondary N) is 1. The van der Waals surface area contributed by atoms with Crippen molar-refractivity contribution in [2.45, 2.75) is 36.6 Å². The first-order valence-corrected chi connectivity index (χ1v) is 12.7. The van der Waals surface area contributed by atoms with E-state index in [1.807, 2.05) is 24.3 Å². The molecule has 0 aliphatic carbocycles. The molecule has 0 heterocycles. The van der Waals surface area contributed by atoms with Gasteiger partial charge in [-0.25, -0.2) is 17.5 Å². The van der Waals surface area contributed by atoms with Crippen molar-refractivity contribution in [1.82, 2.24) is 4.72 Å². The number of methoxy groups -OCH3 is 1. The average Bonchev–Trinajstić information content (AvgIpc) is 2.80. The van der Waals surface area contributed by atoms with E-state index >= 15 is 0 Å². The van der Waals surface area contributed by atoms with Crippen LogP contribution in [-0.4, -0.2) is 21.5 Å². The van der Waals surface area contributed by atoms with E-state index in [1.165, 1.54) is 31.4 Å². The van der Waals surface area contributed by atoms with Gasteiger partial charge in [-0.1, -0.05) is 52.3 Å². The number of hydrogen-bond donors (Lipinski definition) is 1. The second-order valence-corrected chi connectivity index (χ2v) is 10.3. The highest BCUT2D eigenvalue weighted by molar-refractivity contribution is 9.10. The molecule has 5 nitrogen and oxygen atoms in total. The van der Waals surface area contributed by atoms with E-state index in [-0.39, 0.29) is 16.7 Å². The maximum atomic E-state index is 13.3. The van der Waals surface area contributed by atoms with E-state index in [9.17, 15) is 17.6 Å². The van der Waals surface area contributed by atoms with Gasteiger partial charge in [-0.05, 0) is 72.4 Å². The van der Waals surface area contributed by atoms with Gasteiger partial charge >= 0.3 is 5.97 Å². The zero-order chi connectivity index (χ0) is 23.8. The molecular weight excluding hydrogens is 509 g/mol. The van der Waals surface area contributed by atoms with Gasteiger partial charge in [-0.2, -0.15) is 0 Å².